The number of nitrogens with one attached hydrogen (secondary N) is 9. The minimum atomic E-state index is -4.66. The maximum atomic E-state index is 13.4. The van der Waals surface area contributed by atoms with E-state index in [2.05, 4.69) is 46.9 Å². The van der Waals surface area contributed by atoms with Gasteiger partial charge in [-0.1, -0.05) is 224 Å². The molecular weight excluding hydrogens is 1710 g/mol. The van der Waals surface area contributed by atoms with Gasteiger partial charge in [0.2, 0.25) is 17.7 Å². The van der Waals surface area contributed by atoms with Gasteiger partial charge in [0.1, 0.15) is 17.3 Å². The van der Waals surface area contributed by atoms with E-state index in [9.17, 15) is 87.1 Å². The average molecular weight is 1810 g/mol. The van der Waals surface area contributed by atoms with Crippen molar-refractivity contribution < 1.29 is 241 Å². The average Bonchev–Trinajstić information content (AvgIpc) is 1.64. The molecule has 12 rings (SSSR count). The smallest absolute Gasteiger partial charge is 0.548 e. The molecule has 9 atom stereocenters. The molecule has 3 unspecified atom stereocenters. The van der Waals surface area contributed by atoms with Gasteiger partial charge in [-0.05, 0) is 159 Å². The van der Waals surface area contributed by atoms with Gasteiger partial charge in [-0.15, -0.1) is 0 Å². The van der Waals surface area contributed by atoms with Gasteiger partial charge >= 0.3 is 177 Å². The number of hydrogen-bond acceptors (Lipinski definition) is 15. The first-order chi connectivity index (χ1) is 57.1. The van der Waals surface area contributed by atoms with E-state index in [4.69, 9.17) is 0 Å². The number of aromatic amines is 3. The van der Waals surface area contributed by atoms with E-state index in [0.717, 1.165) is 81.7 Å². The van der Waals surface area contributed by atoms with Gasteiger partial charge < -0.3 is 90.0 Å². The van der Waals surface area contributed by atoms with Crippen LogP contribution in [-0.2, 0) is 81.0 Å². The number of carbonyl (C=O) groups is 6. The van der Waals surface area contributed by atoms with Gasteiger partial charge in [0.25, 0.3) is 0 Å². The largest absolute Gasteiger partial charge is 1.00 e. The number of aliphatic carboxylic acids is 3. The molecule has 3 amide bonds. The summed E-state index contributed by atoms with van der Waals surface area (Å²) in [6.45, 7) is 11.3. The van der Waals surface area contributed by atoms with E-state index in [-0.39, 0.29) is 230 Å². The molecule has 0 spiro atoms. The summed E-state index contributed by atoms with van der Waals surface area (Å²) in [5.41, 5.74) is 7.49. The quantitative estimate of drug-likeness (QED) is 0.0186. The number of carboxylic acids is 3. The fourth-order valence-corrected chi connectivity index (χ4v) is 17.8. The maximum absolute atomic E-state index is 13.4. The Labute approximate surface area is 842 Å². The SMILES string of the molecule is CC(C)C[C@H](NC(CCc1cccc2ccccc12)P(=O)(O)O)C(=O)N[C@@H](Cc1c[nH]c2ccccc12)C(=O)[O-].CC(C)C[C@H](NC(CCc1cccc2ccccc12)P(=O)(O)O)C(=O)N[C@@H](Cc1c[nH]c2ccccc12)C(=O)[O-].CC(C)C[C@H](NC(CCc1cccc2ccccc12)P(=O)(O)O)C(=O)N[C@@H](Cc1c[nH]c2ccccc12)C(=O)[O-].[K+].[K+].[K+]. The third-order valence-electron chi connectivity index (χ3n) is 21.3. The molecule has 0 fully saturated rings. The third kappa shape index (κ3) is 30.8. The number of fused-ring (bicyclic) bond motifs is 6. The number of carbonyl (C=O) groups excluding carboxylic acids is 6. The number of carboxylic acid groups (broad SMARTS) is 3. The molecule has 0 bridgehead atoms. The number of aryl methyl sites for hydroxylation is 3. The summed E-state index contributed by atoms with van der Waals surface area (Å²) >= 11 is 0. The second-order valence-electron chi connectivity index (χ2n) is 31.7. The predicted molar refractivity (Wildman–Crippen MR) is 460 cm³/mol. The van der Waals surface area contributed by atoms with Crippen LogP contribution in [0.5, 0.6) is 0 Å². The van der Waals surface area contributed by atoms with E-state index in [1.165, 1.54) is 0 Å². The molecule has 3 heterocycles. The molecule has 636 valence electrons. The van der Waals surface area contributed by atoms with Crippen molar-refractivity contribution in [3.05, 3.63) is 252 Å². The second-order valence-corrected chi connectivity index (χ2v) is 37.1. The number of amides is 3. The number of benzene rings is 9. The molecule has 0 radical (unpaired) electrons. The van der Waals surface area contributed by atoms with Gasteiger partial charge in [0.15, 0.2) is 0 Å². The molecule has 15 N–H and O–H groups in total. The van der Waals surface area contributed by atoms with Crippen molar-refractivity contribution in [2.24, 2.45) is 17.8 Å². The Kier molecular flexibility index (Phi) is 41.9. The Morgan fingerprint density at radius 2 is 0.528 bits per heavy atom. The van der Waals surface area contributed by atoms with Gasteiger partial charge in [0, 0.05) is 70.6 Å². The predicted octanol–water partition coefficient (Wildman–Crippen LogP) is 0.730. The van der Waals surface area contributed by atoms with Crippen molar-refractivity contribution in [1.82, 2.24) is 46.9 Å². The zero-order chi connectivity index (χ0) is 86.6. The first-order valence-corrected chi connectivity index (χ1v) is 45.1. The minimum absolute atomic E-state index is 0. The normalized spacial score (nSPS) is 14.0. The van der Waals surface area contributed by atoms with Crippen molar-refractivity contribution in [2.75, 3.05) is 0 Å². The maximum Gasteiger partial charge on any atom is 1.00 e. The molecule has 9 aromatic carbocycles. The van der Waals surface area contributed by atoms with E-state index < -0.39 is 112 Å². The summed E-state index contributed by atoms with van der Waals surface area (Å²) in [7, 11) is -14.0. The van der Waals surface area contributed by atoms with Crippen LogP contribution in [0, 0.1) is 17.8 Å². The topological polar surface area (TPSA) is 464 Å². The molecule has 33 heteroatoms. The fraction of sp³-hybridized carbons (Fsp3) is 0.333. The molecule has 0 saturated heterocycles. The number of rotatable bonds is 39. The number of hydrogen-bond donors (Lipinski definition) is 15. The molecule has 0 aliphatic carbocycles. The van der Waals surface area contributed by atoms with Crippen LogP contribution < -0.4 is 201 Å². The summed E-state index contributed by atoms with van der Waals surface area (Å²) < 4.78 is 37.6. The van der Waals surface area contributed by atoms with Gasteiger partial charge in [-0.2, -0.15) is 0 Å². The zero-order valence-electron chi connectivity index (χ0n) is 70.6. The van der Waals surface area contributed by atoms with Crippen LogP contribution in [0.25, 0.3) is 65.0 Å². The Hall–Kier alpha value is -5.56. The minimum Gasteiger partial charge on any atom is -0.548 e. The molecule has 0 aliphatic rings. The van der Waals surface area contributed by atoms with Gasteiger partial charge in [-0.3, -0.25) is 44.0 Å². The molecule has 12 aromatic rings. The van der Waals surface area contributed by atoms with Crippen LogP contribution >= 0.6 is 22.8 Å². The molecule has 0 saturated carbocycles. The van der Waals surface area contributed by atoms with Crippen molar-refractivity contribution in [2.45, 2.75) is 172 Å². The summed E-state index contributed by atoms with van der Waals surface area (Å²) in [6, 6.07) is 56.0. The number of aromatic nitrogens is 3. The van der Waals surface area contributed by atoms with E-state index >= 15 is 0 Å². The summed E-state index contributed by atoms with van der Waals surface area (Å²) in [5, 5.41) is 60.9. The fourth-order valence-electron chi connectivity index (χ4n) is 15.3. The molecule has 27 nitrogen and oxygen atoms in total. The van der Waals surface area contributed by atoms with Crippen LogP contribution in [0.3, 0.4) is 0 Å². The summed E-state index contributed by atoms with van der Waals surface area (Å²) in [4.78, 5) is 147. The van der Waals surface area contributed by atoms with E-state index in [1.807, 2.05) is 242 Å². The molecule has 123 heavy (non-hydrogen) atoms. The van der Waals surface area contributed by atoms with Crippen LogP contribution in [0.15, 0.2) is 219 Å². The monoisotopic (exact) mass is 1810 g/mol. The van der Waals surface area contributed by atoms with E-state index in [0.29, 0.717) is 36.0 Å². The van der Waals surface area contributed by atoms with E-state index in [1.54, 1.807) is 18.6 Å². The van der Waals surface area contributed by atoms with Crippen LogP contribution in [0.2, 0.25) is 0 Å². The first-order valence-electron chi connectivity index (χ1n) is 40.1. The van der Waals surface area contributed by atoms with Crippen molar-refractivity contribution >= 4 is 123 Å². The molecule has 0 aliphatic heterocycles. The van der Waals surface area contributed by atoms with Crippen LogP contribution in [0.4, 0.5) is 0 Å². The Morgan fingerprint density at radius 3 is 0.756 bits per heavy atom. The molecule has 3 aromatic heterocycles. The number of H-pyrrole nitrogens is 3. The van der Waals surface area contributed by atoms with Crippen LogP contribution in [0.1, 0.15) is 113 Å². The van der Waals surface area contributed by atoms with Crippen LogP contribution in [-0.4, -0.2) is 134 Å². The third-order valence-corrected chi connectivity index (χ3v) is 24.9. The van der Waals surface area contributed by atoms with Crippen molar-refractivity contribution in [3.63, 3.8) is 0 Å². The first kappa shape index (κ1) is 104. The van der Waals surface area contributed by atoms with Gasteiger partial charge in [-0.25, -0.2) is 0 Å². The standard InChI is InChI=1S/3C30H36N3O6P.3K/c3*1-19(2)16-26(29(34)33-27(30(35)36)17-22-18-31-25-13-6-5-12-24(22)25)32-28(40(37,38)39)15-14-21-10-7-9-20-8-3-4-11-23(20)21;;;/h3*3-13,18-19,26-28,31-32H,14-17H2,1-2H3,(H,33,34)(H,35,36)(H2,37,38,39);;;/q;;;3*+1/p-3/t3*26-,27-,28?;;;/m000.../s1. The zero-order valence-corrected chi connectivity index (χ0v) is 82.7. The molecular formula is C90H105K3N9O18P3. The second kappa shape index (κ2) is 49.3. The van der Waals surface area contributed by atoms with Crippen molar-refractivity contribution in [1.29, 1.82) is 0 Å². The summed E-state index contributed by atoms with van der Waals surface area (Å²) in [6.07, 6.45) is 7.23. The number of para-hydroxylation sites is 3. The Bertz CT molecular complexity index is 5130. The summed E-state index contributed by atoms with van der Waals surface area (Å²) in [5.74, 6) is -10.2. The van der Waals surface area contributed by atoms with Gasteiger partial charge in [0.05, 0.1) is 54.2 Å². The Balaban J connectivity index is 0.000000251. The Morgan fingerprint density at radius 1 is 0.309 bits per heavy atom. The van der Waals surface area contributed by atoms with Crippen molar-refractivity contribution in [3.8, 4) is 0 Å².